The summed E-state index contributed by atoms with van der Waals surface area (Å²) in [6.45, 7) is 10.4. The molecule has 0 radical (unpaired) electrons. The molecule has 0 bridgehead atoms. The van der Waals surface area contributed by atoms with E-state index in [-0.39, 0.29) is 11.5 Å². The number of anilines is 1. The number of rotatable bonds is 8. The zero-order valence-electron chi connectivity index (χ0n) is 25.0. The summed E-state index contributed by atoms with van der Waals surface area (Å²) < 4.78 is 13.4. The van der Waals surface area contributed by atoms with Gasteiger partial charge >= 0.3 is 0 Å². The Balaban J connectivity index is 1.14. The van der Waals surface area contributed by atoms with Crippen molar-refractivity contribution in [2.24, 2.45) is 11.8 Å². The Kier molecular flexibility index (Phi) is 8.03. The van der Waals surface area contributed by atoms with E-state index in [4.69, 9.17) is 14.5 Å². The fraction of sp³-hybridized carbons (Fsp3) is 0.594. The van der Waals surface area contributed by atoms with Gasteiger partial charge in [0, 0.05) is 95.2 Å². The summed E-state index contributed by atoms with van der Waals surface area (Å²) in [5, 5.41) is 4.59. The number of piperazine rings is 1. The lowest BCUT2D eigenvalue weighted by molar-refractivity contribution is -0.140. The van der Waals surface area contributed by atoms with E-state index in [9.17, 15) is 4.79 Å². The number of hydrogen-bond acceptors (Lipinski definition) is 7. The smallest absolute Gasteiger partial charge is 0.225 e. The van der Waals surface area contributed by atoms with Gasteiger partial charge in [-0.05, 0) is 56.7 Å². The van der Waals surface area contributed by atoms with Gasteiger partial charge in [0.15, 0.2) is 0 Å². The molecule has 3 aromatic heterocycles. The molecule has 6 rings (SSSR count). The minimum atomic E-state index is -0.310. The van der Waals surface area contributed by atoms with Gasteiger partial charge in [0.2, 0.25) is 5.91 Å². The molecule has 3 fully saturated rings. The number of amides is 1. The summed E-state index contributed by atoms with van der Waals surface area (Å²) in [4.78, 5) is 24.7. The summed E-state index contributed by atoms with van der Waals surface area (Å²) in [6.07, 6.45) is 9.86. The second kappa shape index (κ2) is 11.7. The van der Waals surface area contributed by atoms with E-state index < -0.39 is 0 Å². The molecular formula is C32H44N6O3. The van der Waals surface area contributed by atoms with Gasteiger partial charge < -0.3 is 19.3 Å². The van der Waals surface area contributed by atoms with Crippen molar-refractivity contribution in [3.63, 3.8) is 0 Å². The van der Waals surface area contributed by atoms with Crippen molar-refractivity contribution >= 4 is 17.1 Å². The largest absolute Gasteiger partial charge is 0.383 e. The van der Waals surface area contributed by atoms with Gasteiger partial charge in [-0.2, -0.15) is 5.10 Å². The molecule has 1 atom stereocenters. The van der Waals surface area contributed by atoms with Crippen molar-refractivity contribution in [1.82, 2.24) is 24.4 Å². The minimum absolute atomic E-state index is 0.243. The van der Waals surface area contributed by atoms with Crippen molar-refractivity contribution in [3.05, 3.63) is 48.4 Å². The first-order valence-corrected chi connectivity index (χ1v) is 15.2. The lowest BCUT2D eigenvalue weighted by Gasteiger charge is -2.43. The van der Waals surface area contributed by atoms with Crippen molar-refractivity contribution in [1.29, 1.82) is 0 Å². The number of ether oxygens (including phenoxy) is 2. The number of carbonyl (C=O) groups excluding carboxylic acids is 1. The molecule has 0 aromatic carbocycles. The molecule has 41 heavy (non-hydrogen) atoms. The molecule has 5 heterocycles. The molecule has 0 unspecified atom stereocenters. The van der Waals surface area contributed by atoms with Crippen LogP contribution in [0.3, 0.4) is 0 Å². The Morgan fingerprint density at radius 1 is 1.07 bits per heavy atom. The Hall–Kier alpha value is -3.01. The van der Waals surface area contributed by atoms with Crippen molar-refractivity contribution < 1.29 is 14.3 Å². The number of pyridine rings is 1. The summed E-state index contributed by atoms with van der Waals surface area (Å²) in [5.41, 5.74) is 5.00. The lowest BCUT2D eigenvalue weighted by Crippen LogP contribution is -2.52. The third-order valence-corrected chi connectivity index (χ3v) is 9.75. The third kappa shape index (κ3) is 5.47. The zero-order chi connectivity index (χ0) is 28.6. The van der Waals surface area contributed by atoms with Gasteiger partial charge in [0.05, 0.1) is 29.1 Å². The highest BCUT2D eigenvalue weighted by atomic mass is 16.5. The predicted molar refractivity (Wildman–Crippen MR) is 160 cm³/mol. The highest BCUT2D eigenvalue weighted by Crippen LogP contribution is 2.38. The predicted octanol–water partition coefficient (Wildman–Crippen LogP) is 4.06. The Labute approximate surface area is 243 Å². The average molecular weight is 561 g/mol. The molecule has 2 saturated heterocycles. The molecule has 1 aliphatic carbocycles. The maximum absolute atomic E-state index is 12.8. The highest BCUT2D eigenvalue weighted by Gasteiger charge is 2.38. The van der Waals surface area contributed by atoms with Gasteiger partial charge in [-0.1, -0.05) is 13.0 Å². The monoisotopic (exact) mass is 560 g/mol. The molecule has 1 saturated carbocycles. The number of carbonyl (C=O) groups is 1. The van der Waals surface area contributed by atoms with Crippen LogP contribution in [0, 0.1) is 11.8 Å². The summed E-state index contributed by atoms with van der Waals surface area (Å²) in [7, 11) is 3.58. The first kappa shape index (κ1) is 28.1. The first-order valence-electron chi connectivity index (χ1n) is 15.2. The number of methoxy groups -OCH3 is 2. The van der Waals surface area contributed by atoms with Crippen LogP contribution in [-0.4, -0.2) is 96.4 Å². The molecule has 3 aromatic rings. The molecule has 9 heteroatoms. The Morgan fingerprint density at radius 2 is 1.83 bits per heavy atom. The number of nitrogens with zero attached hydrogens (tertiary/aromatic N) is 6. The normalized spacial score (nSPS) is 23.9. The summed E-state index contributed by atoms with van der Waals surface area (Å²) >= 11 is 0. The van der Waals surface area contributed by atoms with E-state index in [1.807, 2.05) is 24.0 Å². The van der Waals surface area contributed by atoms with Crippen LogP contribution in [0.25, 0.3) is 16.8 Å². The van der Waals surface area contributed by atoms with E-state index in [0.29, 0.717) is 17.9 Å². The number of aromatic nitrogens is 3. The topological polar surface area (TPSA) is 75.4 Å². The van der Waals surface area contributed by atoms with Crippen LogP contribution < -0.4 is 4.90 Å². The van der Waals surface area contributed by atoms with Crippen LogP contribution in [0.5, 0.6) is 0 Å². The summed E-state index contributed by atoms with van der Waals surface area (Å²) in [6, 6.07) is 8.95. The number of fused-ring (bicyclic) bond motifs is 1. The maximum atomic E-state index is 12.8. The average Bonchev–Trinajstić information content (AvgIpc) is 3.44. The third-order valence-electron chi connectivity index (χ3n) is 9.75. The Morgan fingerprint density at radius 3 is 2.46 bits per heavy atom. The molecule has 0 spiro atoms. The van der Waals surface area contributed by atoms with Crippen molar-refractivity contribution in [3.8, 4) is 11.3 Å². The van der Waals surface area contributed by atoms with Gasteiger partial charge in [-0.15, -0.1) is 0 Å². The van der Waals surface area contributed by atoms with E-state index in [0.717, 1.165) is 99.6 Å². The molecule has 0 N–H and O–H groups in total. The first-order chi connectivity index (χ1) is 19.9. The second-order valence-electron chi connectivity index (χ2n) is 12.3. The molecule has 2 aliphatic heterocycles. The fourth-order valence-electron chi connectivity index (χ4n) is 7.05. The van der Waals surface area contributed by atoms with Gasteiger partial charge in [-0.3, -0.25) is 14.7 Å². The SMILES string of the molecule is COC[C@H](C)N1CCC(OC)(c2ccc(-c3cc4c(N5CCN(C(=O)[C@H]6C[C@H](C)C6)CC5)ccnn4c3)nc2)CC1. The van der Waals surface area contributed by atoms with Crippen molar-refractivity contribution in [2.45, 2.75) is 51.2 Å². The van der Waals surface area contributed by atoms with Crippen LogP contribution in [0.1, 0.15) is 45.1 Å². The van der Waals surface area contributed by atoms with Crippen LogP contribution in [-0.2, 0) is 19.9 Å². The highest BCUT2D eigenvalue weighted by molar-refractivity contribution is 5.81. The van der Waals surface area contributed by atoms with E-state index in [2.05, 4.69) is 64.1 Å². The van der Waals surface area contributed by atoms with E-state index in [1.165, 1.54) is 0 Å². The molecule has 3 aliphatic rings. The van der Waals surface area contributed by atoms with Crippen LogP contribution in [0.2, 0.25) is 0 Å². The number of hydrogen-bond donors (Lipinski definition) is 0. The van der Waals surface area contributed by atoms with Gasteiger partial charge in [0.1, 0.15) is 0 Å². The minimum Gasteiger partial charge on any atom is -0.383 e. The van der Waals surface area contributed by atoms with Gasteiger partial charge in [-0.25, -0.2) is 4.52 Å². The van der Waals surface area contributed by atoms with Crippen LogP contribution >= 0.6 is 0 Å². The Bertz CT molecular complexity index is 1340. The van der Waals surface area contributed by atoms with E-state index in [1.54, 1.807) is 7.11 Å². The second-order valence-corrected chi connectivity index (χ2v) is 12.3. The molecular weight excluding hydrogens is 516 g/mol. The quantitative estimate of drug-likeness (QED) is 0.411. The maximum Gasteiger partial charge on any atom is 0.225 e. The molecule has 1 amide bonds. The van der Waals surface area contributed by atoms with Crippen molar-refractivity contribution in [2.75, 3.05) is 65.0 Å². The fourth-order valence-corrected chi connectivity index (χ4v) is 7.05. The zero-order valence-corrected chi connectivity index (χ0v) is 25.0. The standard InChI is InChI=1S/C32H44N6O3/c1-23-17-25(18-23)31(39)37-15-13-36(14-16-37)29-7-10-34-38-21-26(19-30(29)38)28-6-5-27(20-33-28)32(41-4)8-11-35(12-9-32)24(2)22-40-3/h5-7,10,19-21,23-25H,8-9,11-18,22H2,1-4H3/t23-,24-,25-/m0/s1. The van der Waals surface area contributed by atoms with Gasteiger partial charge in [0.25, 0.3) is 0 Å². The molecule has 220 valence electrons. The van der Waals surface area contributed by atoms with E-state index >= 15 is 0 Å². The lowest BCUT2D eigenvalue weighted by atomic mass is 9.75. The number of likely N-dealkylation sites (tertiary alicyclic amines) is 1. The summed E-state index contributed by atoms with van der Waals surface area (Å²) in [5.74, 6) is 1.29. The molecule has 9 nitrogen and oxygen atoms in total. The van der Waals surface area contributed by atoms with Crippen LogP contribution in [0.15, 0.2) is 42.9 Å². The number of piperidine rings is 1. The van der Waals surface area contributed by atoms with Crippen LogP contribution in [0.4, 0.5) is 5.69 Å².